The Morgan fingerprint density at radius 3 is 2.65 bits per heavy atom. The van der Waals surface area contributed by atoms with Crippen LogP contribution in [0.2, 0.25) is 0 Å². The first-order valence-corrected chi connectivity index (χ1v) is 7.38. The minimum atomic E-state index is 0.0839. The lowest BCUT2D eigenvalue weighted by Gasteiger charge is -2.21. The van der Waals surface area contributed by atoms with E-state index in [4.69, 9.17) is 9.47 Å². The van der Waals surface area contributed by atoms with Crippen LogP contribution >= 0.6 is 0 Å². The summed E-state index contributed by atoms with van der Waals surface area (Å²) in [6.45, 7) is 4.28. The Bertz CT molecular complexity index is 410. The lowest BCUT2D eigenvalue weighted by molar-refractivity contribution is -0.116. The van der Waals surface area contributed by atoms with Crippen LogP contribution in [0, 0.1) is 5.92 Å². The predicted octanol–water partition coefficient (Wildman–Crippen LogP) is 3.23. The molecule has 20 heavy (non-hydrogen) atoms. The van der Waals surface area contributed by atoms with Crippen molar-refractivity contribution in [2.24, 2.45) is 5.92 Å². The van der Waals surface area contributed by atoms with Crippen LogP contribution in [-0.4, -0.2) is 25.7 Å². The molecule has 2 rings (SSSR count). The maximum absolute atomic E-state index is 11.9. The summed E-state index contributed by atoms with van der Waals surface area (Å²) in [7, 11) is 0. The molecule has 1 amide bonds. The molecule has 110 valence electrons. The summed E-state index contributed by atoms with van der Waals surface area (Å²) < 4.78 is 10.7. The van der Waals surface area contributed by atoms with Gasteiger partial charge in [-0.3, -0.25) is 4.79 Å². The highest BCUT2D eigenvalue weighted by Crippen LogP contribution is 2.21. The lowest BCUT2D eigenvalue weighted by atomic mass is 9.95. The molecule has 1 aliphatic rings. The van der Waals surface area contributed by atoms with Crippen molar-refractivity contribution in [2.75, 3.05) is 25.1 Å². The summed E-state index contributed by atoms with van der Waals surface area (Å²) in [5.41, 5.74) is 0.824. The SMILES string of the molecule is CCOc1ccc(NC(=O)CCC2CCOCC2)cc1. The highest BCUT2D eigenvalue weighted by atomic mass is 16.5. The van der Waals surface area contributed by atoms with Crippen LogP contribution in [0.5, 0.6) is 5.75 Å². The van der Waals surface area contributed by atoms with Gasteiger partial charge >= 0.3 is 0 Å². The normalized spacial score (nSPS) is 15.8. The summed E-state index contributed by atoms with van der Waals surface area (Å²) in [6, 6.07) is 7.49. The van der Waals surface area contributed by atoms with Gasteiger partial charge in [0.2, 0.25) is 5.91 Å². The van der Waals surface area contributed by atoms with Crippen molar-refractivity contribution in [2.45, 2.75) is 32.6 Å². The van der Waals surface area contributed by atoms with Gasteiger partial charge in [0, 0.05) is 25.3 Å². The zero-order chi connectivity index (χ0) is 14.2. The first-order chi connectivity index (χ1) is 9.78. The van der Waals surface area contributed by atoms with Crippen molar-refractivity contribution in [1.82, 2.24) is 0 Å². The Kier molecular flexibility index (Phi) is 5.87. The Morgan fingerprint density at radius 2 is 2.00 bits per heavy atom. The number of hydrogen-bond acceptors (Lipinski definition) is 3. The molecular weight excluding hydrogens is 254 g/mol. The zero-order valence-electron chi connectivity index (χ0n) is 12.1. The molecule has 4 heteroatoms. The highest BCUT2D eigenvalue weighted by Gasteiger charge is 2.15. The average Bonchev–Trinajstić information content (AvgIpc) is 2.49. The van der Waals surface area contributed by atoms with Crippen LogP contribution in [0.3, 0.4) is 0 Å². The third-order valence-electron chi connectivity index (χ3n) is 3.57. The summed E-state index contributed by atoms with van der Waals surface area (Å²) >= 11 is 0. The van der Waals surface area contributed by atoms with E-state index in [1.165, 1.54) is 0 Å². The van der Waals surface area contributed by atoms with E-state index in [1.54, 1.807) is 0 Å². The monoisotopic (exact) mass is 277 g/mol. The fraction of sp³-hybridized carbons (Fsp3) is 0.562. The molecule has 0 radical (unpaired) electrons. The van der Waals surface area contributed by atoms with Gasteiger partial charge in [-0.05, 0) is 56.4 Å². The van der Waals surface area contributed by atoms with Gasteiger partial charge in [0.1, 0.15) is 5.75 Å². The minimum Gasteiger partial charge on any atom is -0.494 e. The number of amides is 1. The zero-order valence-corrected chi connectivity index (χ0v) is 12.1. The Morgan fingerprint density at radius 1 is 1.30 bits per heavy atom. The topological polar surface area (TPSA) is 47.6 Å². The van der Waals surface area contributed by atoms with Gasteiger partial charge in [0.15, 0.2) is 0 Å². The molecule has 1 N–H and O–H groups in total. The van der Waals surface area contributed by atoms with Gasteiger partial charge in [-0.2, -0.15) is 0 Å². The van der Waals surface area contributed by atoms with Gasteiger partial charge in [0.05, 0.1) is 6.61 Å². The van der Waals surface area contributed by atoms with Crippen LogP contribution in [0.15, 0.2) is 24.3 Å². The van der Waals surface area contributed by atoms with Crippen molar-refractivity contribution < 1.29 is 14.3 Å². The van der Waals surface area contributed by atoms with Crippen LogP contribution in [-0.2, 0) is 9.53 Å². The number of ether oxygens (including phenoxy) is 2. The summed E-state index contributed by atoms with van der Waals surface area (Å²) in [6.07, 6.45) is 3.69. The van der Waals surface area contributed by atoms with Gasteiger partial charge in [-0.15, -0.1) is 0 Å². The molecule has 0 unspecified atom stereocenters. The third kappa shape index (κ3) is 4.85. The van der Waals surface area contributed by atoms with Crippen molar-refractivity contribution in [3.05, 3.63) is 24.3 Å². The lowest BCUT2D eigenvalue weighted by Crippen LogP contribution is -2.18. The Hall–Kier alpha value is -1.55. The van der Waals surface area contributed by atoms with E-state index >= 15 is 0 Å². The molecule has 1 aromatic rings. The number of rotatable bonds is 6. The molecule has 1 heterocycles. The van der Waals surface area contributed by atoms with Gasteiger partial charge in [-0.25, -0.2) is 0 Å². The van der Waals surface area contributed by atoms with E-state index in [0.29, 0.717) is 18.9 Å². The van der Waals surface area contributed by atoms with E-state index in [0.717, 1.165) is 43.9 Å². The second-order valence-electron chi connectivity index (χ2n) is 5.10. The molecule has 0 saturated carbocycles. The third-order valence-corrected chi connectivity index (χ3v) is 3.57. The number of benzene rings is 1. The van der Waals surface area contributed by atoms with Crippen molar-refractivity contribution in [3.8, 4) is 5.75 Å². The van der Waals surface area contributed by atoms with Crippen LogP contribution in [0.4, 0.5) is 5.69 Å². The number of nitrogens with one attached hydrogen (secondary N) is 1. The van der Waals surface area contributed by atoms with Gasteiger partial charge < -0.3 is 14.8 Å². The van der Waals surface area contributed by atoms with E-state index in [1.807, 2.05) is 31.2 Å². The molecule has 1 fully saturated rings. The first kappa shape index (κ1) is 14.9. The maximum Gasteiger partial charge on any atom is 0.224 e. The molecule has 1 aliphatic heterocycles. The molecular formula is C16H23NO3. The average molecular weight is 277 g/mol. The van der Waals surface area contributed by atoms with Crippen LogP contribution < -0.4 is 10.1 Å². The largest absolute Gasteiger partial charge is 0.494 e. The Labute approximate surface area is 120 Å². The minimum absolute atomic E-state index is 0.0839. The van der Waals surface area contributed by atoms with Crippen molar-refractivity contribution in [1.29, 1.82) is 0 Å². The molecule has 0 atom stereocenters. The molecule has 4 nitrogen and oxygen atoms in total. The fourth-order valence-electron chi connectivity index (χ4n) is 2.39. The summed E-state index contributed by atoms with van der Waals surface area (Å²) in [4.78, 5) is 11.9. The molecule has 0 bridgehead atoms. The van der Waals surface area contributed by atoms with E-state index in [9.17, 15) is 4.79 Å². The summed E-state index contributed by atoms with van der Waals surface area (Å²) in [5, 5.41) is 2.93. The van der Waals surface area contributed by atoms with Crippen molar-refractivity contribution in [3.63, 3.8) is 0 Å². The summed E-state index contributed by atoms with van der Waals surface area (Å²) in [5.74, 6) is 1.54. The molecule has 1 saturated heterocycles. The molecule has 0 spiro atoms. The second kappa shape index (κ2) is 7.90. The predicted molar refractivity (Wildman–Crippen MR) is 79.0 cm³/mol. The van der Waals surface area contributed by atoms with E-state index in [2.05, 4.69) is 5.32 Å². The van der Waals surface area contributed by atoms with Crippen molar-refractivity contribution >= 4 is 11.6 Å². The first-order valence-electron chi connectivity index (χ1n) is 7.38. The standard InChI is InChI=1S/C16H23NO3/c1-2-20-15-6-4-14(5-7-15)17-16(18)8-3-13-9-11-19-12-10-13/h4-7,13H,2-3,8-12H2,1H3,(H,17,18). The van der Waals surface area contributed by atoms with Crippen LogP contribution in [0.1, 0.15) is 32.6 Å². The molecule has 0 aliphatic carbocycles. The number of carbonyl (C=O) groups is 1. The maximum atomic E-state index is 11.9. The fourth-order valence-corrected chi connectivity index (χ4v) is 2.39. The van der Waals surface area contributed by atoms with Gasteiger partial charge in [-0.1, -0.05) is 0 Å². The molecule has 0 aromatic heterocycles. The molecule has 1 aromatic carbocycles. The second-order valence-corrected chi connectivity index (χ2v) is 5.10. The highest BCUT2D eigenvalue weighted by molar-refractivity contribution is 5.90. The smallest absolute Gasteiger partial charge is 0.224 e. The quantitative estimate of drug-likeness (QED) is 0.868. The Balaban J connectivity index is 1.73. The number of anilines is 1. The van der Waals surface area contributed by atoms with Crippen LogP contribution in [0.25, 0.3) is 0 Å². The number of hydrogen-bond donors (Lipinski definition) is 1. The van der Waals surface area contributed by atoms with E-state index in [-0.39, 0.29) is 5.91 Å². The number of carbonyl (C=O) groups excluding carboxylic acids is 1. The van der Waals surface area contributed by atoms with Gasteiger partial charge in [0.25, 0.3) is 0 Å². The van der Waals surface area contributed by atoms with E-state index < -0.39 is 0 Å².